The van der Waals surface area contributed by atoms with E-state index in [0.717, 1.165) is 18.4 Å². The second kappa shape index (κ2) is 8.60. The largest absolute Gasteiger partial charge is 0.504 e. The Morgan fingerprint density at radius 1 is 1.08 bits per heavy atom. The van der Waals surface area contributed by atoms with Gasteiger partial charge in [0.05, 0.1) is 12.0 Å². The highest BCUT2D eigenvalue weighted by atomic mass is 127. The SMILES string of the molecule is CC1(C)CCC2(C(=O)OOI)CCC3C(C(=O)C=C4C5(C)C=C(O)C(=O)[C@@](O)(CO)C5CCC43C)C2C1. The number of hydrogen-bond acceptors (Lipinski definition) is 8. The number of halogens is 1. The highest BCUT2D eigenvalue weighted by Crippen LogP contribution is 2.69. The predicted octanol–water partition coefficient (Wildman–Crippen LogP) is 4.33. The van der Waals surface area contributed by atoms with E-state index in [-0.39, 0.29) is 29.0 Å². The quantitative estimate of drug-likeness (QED) is 0.239. The van der Waals surface area contributed by atoms with E-state index in [9.17, 15) is 29.7 Å². The molecule has 0 saturated heterocycles. The first kappa shape index (κ1) is 27.3. The van der Waals surface area contributed by atoms with Crippen LogP contribution in [0.1, 0.15) is 72.6 Å². The number of Topliss-reactive ketones (excluding diaryl/α,β-unsaturated/α-hetero) is 1. The van der Waals surface area contributed by atoms with Crippen LogP contribution >= 0.6 is 23.0 Å². The van der Waals surface area contributed by atoms with Crippen LogP contribution in [0.15, 0.2) is 23.5 Å². The molecule has 204 valence electrons. The van der Waals surface area contributed by atoms with E-state index in [1.165, 1.54) is 6.08 Å². The van der Waals surface area contributed by atoms with Gasteiger partial charge in [-0.2, -0.15) is 0 Å². The zero-order valence-electron chi connectivity index (χ0n) is 21.9. The number of rotatable bonds is 3. The summed E-state index contributed by atoms with van der Waals surface area (Å²) in [5.41, 5.74) is -3.51. The van der Waals surface area contributed by atoms with Gasteiger partial charge in [-0.25, -0.2) is 4.79 Å². The Labute approximate surface area is 231 Å². The van der Waals surface area contributed by atoms with Gasteiger partial charge in [0.15, 0.2) is 40.1 Å². The number of carbonyl (C=O) groups is 3. The Balaban J connectivity index is 1.63. The van der Waals surface area contributed by atoms with E-state index < -0.39 is 51.9 Å². The molecule has 0 aromatic heterocycles. The molecule has 3 saturated carbocycles. The zero-order chi connectivity index (χ0) is 27.2. The lowest BCUT2D eigenvalue weighted by atomic mass is 9.39. The molecule has 8 atom stereocenters. The minimum absolute atomic E-state index is 0.0216. The van der Waals surface area contributed by atoms with Crippen molar-refractivity contribution in [1.29, 1.82) is 0 Å². The van der Waals surface area contributed by atoms with Crippen LogP contribution in [0.3, 0.4) is 0 Å². The minimum atomic E-state index is -2.10. The summed E-state index contributed by atoms with van der Waals surface area (Å²) in [7, 11) is 0. The monoisotopic (exact) mass is 628 g/mol. The van der Waals surface area contributed by atoms with Crippen LogP contribution in [-0.2, 0) is 22.5 Å². The van der Waals surface area contributed by atoms with Crippen LogP contribution in [0.5, 0.6) is 0 Å². The van der Waals surface area contributed by atoms with Crippen molar-refractivity contribution in [3.8, 4) is 0 Å². The normalized spacial score (nSPS) is 46.5. The number of fused-ring (bicyclic) bond motifs is 7. The predicted molar refractivity (Wildman–Crippen MR) is 141 cm³/mol. The van der Waals surface area contributed by atoms with Crippen LogP contribution in [0, 0.1) is 45.3 Å². The third-order valence-electron chi connectivity index (χ3n) is 11.2. The standard InChI is InChI=1S/C28H37IO8/c1-24(2)9-10-27(23(34)36-37-29)8-5-15-21(16(27)12-24)17(31)11-20-25(15,3)7-6-19-26(20,4)13-18(32)22(33)28(19,35)14-30/h11,13,15-16,19,21,30,32,35H,5-10,12,14H2,1-4H3/t15?,16?,19?,21?,25?,26?,27?,28-/m1/s1. The molecule has 5 aliphatic rings. The molecular formula is C28H37IO8. The van der Waals surface area contributed by atoms with Gasteiger partial charge in [0.1, 0.15) is 0 Å². The van der Waals surface area contributed by atoms with Crippen molar-refractivity contribution in [2.24, 2.45) is 45.3 Å². The Kier molecular flexibility index (Phi) is 6.34. The molecule has 3 N–H and O–H groups in total. The summed E-state index contributed by atoms with van der Waals surface area (Å²) in [6.45, 7) is 7.58. The van der Waals surface area contributed by atoms with E-state index >= 15 is 0 Å². The van der Waals surface area contributed by atoms with Gasteiger partial charge < -0.3 is 15.3 Å². The second-order valence-electron chi connectivity index (χ2n) is 13.4. The highest BCUT2D eigenvalue weighted by molar-refractivity contribution is 14.1. The fourth-order valence-corrected chi connectivity index (χ4v) is 9.49. The maximum atomic E-state index is 14.1. The lowest BCUT2D eigenvalue weighted by Crippen LogP contribution is -2.64. The Morgan fingerprint density at radius 3 is 2.43 bits per heavy atom. The van der Waals surface area contributed by atoms with Crippen molar-refractivity contribution in [1.82, 2.24) is 0 Å². The number of carbonyl (C=O) groups excluding carboxylic acids is 3. The van der Waals surface area contributed by atoms with Gasteiger partial charge in [-0.15, -0.1) is 3.22 Å². The maximum Gasteiger partial charge on any atom is 0.349 e. The van der Waals surface area contributed by atoms with E-state index in [0.29, 0.717) is 32.1 Å². The molecule has 0 aromatic carbocycles. The Bertz CT molecular complexity index is 1110. The van der Waals surface area contributed by atoms with Crippen LogP contribution < -0.4 is 0 Å². The van der Waals surface area contributed by atoms with Crippen molar-refractivity contribution >= 4 is 40.5 Å². The third kappa shape index (κ3) is 3.59. The first-order valence-corrected chi connectivity index (χ1v) is 14.1. The molecule has 0 heterocycles. The summed E-state index contributed by atoms with van der Waals surface area (Å²) >= 11 is 1.55. The van der Waals surface area contributed by atoms with E-state index in [2.05, 4.69) is 20.8 Å². The third-order valence-corrected chi connectivity index (χ3v) is 11.4. The molecular weight excluding hydrogens is 591 g/mol. The molecule has 8 nitrogen and oxygen atoms in total. The lowest BCUT2D eigenvalue weighted by molar-refractivity contribution is -0.225. The van der Waals surface area contributed by atoms with Crippen molar-refractivity contribution in [3.63, 3.8) is 0 Å². The average Bonchev–Trinajstić information content (AvgIpc) is 2.83. The number of hydrogen-bond donors (Lipinski definition) is 3. The summed E-state index contributed by atoms with van der Waals surface area (Å²) in [6, 6.07) is 0. The van der Waals surface area contributed by atoms with Gasteiger partial charge >= 0.3 is 5.97 Å². The molecule has 0 amide bonds. The summed E-state index contributed by atoms with van der Waals surface area (Å²) in [6.07, 6.45) is 7.74. The summed E-state index contributed by atoms with van der Waals surface area (Å²) in [5, 5.41) is 31.8. The summed E-state index contributed by atoms with van der Waals surface area (Å²) < 4.78 is 4.76. The average molecular weight is 629 g/mol. The minimum Gasteiger partial charge on any atom is -0.504 e. The van der Waals surface area contributed by atoms with Gasteiger partial charge in [0.25, 0.3) is 0 Å². The van der Waals surface area contributed by atoms with Gasteiger partial charge in [-0.1, -0.05) is 33.3 Å². The van der Waals surface area contributed by atoms with Gasteiger partial charge in [-0.3, -0.25) is 14.5 Å². The first-order valence-electron chi connectivity index (χ1n) is 13.3. The molecule has 0 aliphatic heterocycles. The topological polar surface area (TPSA) is 130 Å². The van der Waals surface area contributed by atoms with Crippen molar-refractivity contribution in [3.05, 3.63) is 23.5 Å². The number of allylic oxidation sites excluding steroid dienone is 3. The fourth-order valence-electron chi connectivity index (χ4n) is 9.32. The van der Waals surface area contributed by atoms with E-state index in [1.54, 1.807) is 29.1 Å². The Morgan fingerprint density at radius 2 is 1.78 bits per heavy atom. The van der Waals surface area contributed by atoms with Crippen molar-refractivity contribution < 1.29 is 37.8 Å². The number of aliphatic hydroxyl groups excluding tert-OH is 2. The van der Waals surface area contributed by atoms with Crippen molar-refractivity contribution in [2.45, 2.75) is 78.2 Å². The fraction of sp³-hybridized carbons (Fsp3) is 0.750. The zero-order valence-corrected chi connectivity index (χ0v) is 24.0. The highest BCUT2D eigenvalue weighted by Gasteiger charge is 2.68. The molecule has 7 unspecified atom stereocenters. The molecule has 0 aromatic rings. The van der Waals surface area contributed by atoms with E-state index in [4.69, 9.17) is 8.10 Å². The van der Waals surface area contributed by atoms with Gasteiger partial charge in [-0.05, 0) is 79.8 Å². The molecule has 3 fully saturated rings. The smallest absolute Gasteiger partial charge is 0.349 e. The molecule has 0 bridgehead atoms. The number of aliphatic hydroxyl groups is 3. The lowest BCUT2D eigenvalue weighted by Gasteiger charge is -2.64. The van der Waals surface area contributed by atoms with Crippen LogP contribution in [0.25, 0.3) is 0 Å². The van der Waals surface area contributed by atoms with Gasteiger partial charge in [0, 0.05) is 17.3 Å². The van der Waals surface area contributed by atoms with Crippen LogP contribution in [0.2, 0.25) is 0 Å². The molecule has 9 heteroatoms. The second-order valence-corrected chi connectivity index (χ2v) is 13.8. The van der Waals surface area contributed by atoms with Gasteiger partial charge in [0.2, 0.25) is 5.78 Å². The summed E-state index contributed by atoms with van der Waals surface area (Å²) in [4.78, 5) is 45.2. The molecule has 5 rings (SSSR count). The first-order chi connectivity index (χ1) is 17.2. The molecule has 0 spiro atoms. The van der Waals surface area contributed by atoms with Crippen molar-refractivity contribution in [2.75, 3.05) is 6.61 Å². The van der Waals surface area contributed by atoms with E-state index in [1.807, 2.05) is 6.92 Å². The molecule has 37 heavy (non-hydrogen) atoms. The Hall–Kier alpha value is -1.30. The maximum absolute atomic E-state index is 14.1. The van der Waals surface area contributed by atoms with Crippen LogP contribution in [0.4, 0.5) is 0 Å². The number of ketones is 2. The van der Waals surface area contributed by atoms with Crippen LogP contribution in [-0.4, -0.2) is 45.1 Å². The summed E-state index contributed by atoms with van der Waals surface area (Å²) in [5.74, 6) is -3.13. The molecule has 5 aliphatic carbocycles. The molecule has 0 radical (unpaired) electrons.